The van der Waals surface area contributed by atoms with Crippen LogP contribution in [0.4, 0.5) is 5.69 Å². The first-order valence-corrected chi connectivity index (χ1v) is 7.19. The highest BCUT2D eigenvalue weighted by atomic mass is 79.9. The summed E-state index contributed by atoms with van der Waals surface area (Å²) in [6.45, 7) is 2.78. The number of carbonyl (C=O) groups excluding carboxylic acids is 1. The lowest BCUT2D eigenvalue weighted by Gasteiger charge is -2.11. The van der Waals surface area contributed by atoms with E-state index in [9.17, 15) is 4.79 Å². The number of carbonyl (C=O) groups is 1. The Bertz CT molecular complexity index is 424. The van der Waals surface area contributed by atoms with Gasteiger partial charge in [0.15, 0.2) is 0 Å². The van der Waals surface area contributed by atoms with E-state index in [4.69, 9.17) is 10.5 Å². The van der Waals surface area contributed by atoms with Crippen molar-refractivity contribution in [2.75, 3.05) is 19.0 Å². The summed E-state index contributed by atoms with van der Waals surface area (Å²) >= 11 is 3.41. The zero-order valence-electron chi connectivity index (χ0n) is 11.4. The lowest BCUT2D eigenvalue weighted by atomic mass is 10.0. The van der Waals surface area contributed by atoms with Crippen LogP contribution in [0.1, 0.15) is 26.2 Å². The number of ether oxygens (including phenoxy) is 1. The fourth-order valence-electron chi connectivity index (χ4n) is 1.75. The van der Waals surface area contributed by atoms with E-state index in [0.717, 1.165) is 28.8 Å². The quantitative estimate of drug-likeness (QED) is 0.808. The second-order valence-electron chi connectivity index (χ2n) is 4.62. The van der Waals surface area contributed by atoms with Gasteiger partial charge in [0.05, 0.1) is 12.8 Å². The molecule has 1 aromatic carbocycles. The van der Waals surface area contributed by atoms with Gasteiger partial charge in [0, 0.05) is 17.0 Å². The lowest BCUT2D eigenvalue weighted by molar-refractivity contribution is -0.116. The molecule has 106 valence electrons. The van der Waals surface area contributed by atoms with E-state index in [0.29, 0.717) is 18.9 Å². The van der Waals surface area contributed by atoms with Gasteiger partial charge in [-0.05, 0) is 53.4 Å². The molecule has 4 nitrogen and oxygen atoms in total. The number of nitrogens with two attached hydrogens (primary N) is 1. The van der Waals surface area contributed by atoms with Crippen molar-refractivity contribution in [2.45, 2.75) is 26.2 Å². The molecule has 0 saturated carbocycles. The van der Waals surface area contributed by atoms with Crippen LogP contribution in [0.3, 0.4) is 0 Å². The smallest absolute Gasteiger partial charge is 0.224 e. The molecule has 5 heteroatoms. The SMILES string of the molecule is COc1ccc(Br)c(NC(=O)CCC(C)CCN)c1. The molecule has 0 aliphatic rings. The average molecular weight is 329 g/mol. The van der Waals surface area contributed by atoms with Gasteiger partial charge in [-0.15, -0.1) is 0 Å². The maximum absolute atomic E-state index is 11.9. The standard InChI is InChI=1S/C14H21BrN2O2/c1-10(7-8-16)3-6-14(18)17-13-9-11(19-2)4-5-12(13)15/h4-5,9-10H,3,6-8,16H2,1-2H3,(H,17,18). The number of hydrogen-bond acceptors (Lipinski definition) is 3. The van der Waals surface area contributed by atoms with E-state index < -0.39 is 0 Å². The normalized spacial score (nSPS) is 12.0. The third-order valence-corrected chi connectivity index (χ3v) is 3.66. The van der Waals surface area contributed by atoms with E-state index in [1.165, 1.54) is 0 Å². The van der Waals surface area contributed by atoms with E-state index in [1.54, 1.807) is 13.2 Å². The van der Waals surface area contributed by atoms with Crippen LogP contribution in [0.15, 0.2) is 22.7 Å². The summed E-state index contributed by atoms with van der Waals surface area (Å²) < 4.78 is 5.98. The average Bonchev–Trinajstić information content (AvgIpc) is 2.39. The Morgan fingerprint density at radius 3 is 2.84 bits per heavy atom. The number of benzene rings is 1. The minimum absolute atomic E-state index is 0.0119. The summed E-state index contributed by atoms with van der Waals surface area (Å²) in [4.78, 5) is 11.9. The van der Waals surface area contributed by atoms with Crippen LogP contribution in [0.25, 0.3) is 0 Å². The van der Waals surface area contributed by atoms with Crippen molar-refractivity contribution in [3.05, 3.63) is 22.7 Å². The molecule has 0 aliphatic heterocycles. The van der Waals surface area contributed by atoms with Gasteiger partial charge >= 0.3 is 0 Å². The molecule has 1 rings (SSSR count). The van der Waals surface area contributed by atoms with Crippen LogP contribution in [-0.4, -0.2) is 19.6 Å². The molecule has 0 radical (unpaired) electrons. The Kier molecular flexibility index (Phi) is 6.87. The highest BCUT2D eigenvalue weighted by Crippen LogP contribution is 2.27. The number of anilines is 1. The van der Waals surface area contributed by atoms with E-state index in [2.05, 4.69) is 28.2 Å². The molecule has 0 heterocycles. The first-order valence-electron chi connectivity index (χ1n) is 6.40. The van der Waals surface area contributed by atoms with Crippen molar-refractivity contribution in [3.63, 3.8) is 0 Å². The number of methoxy groups -OCH3 is 1. The third kappa shape index (κ3) is 5.61. The van der Waals surface area contributed by atoms with Crippen molar-refractivity contribution in [1.29, 1.82) is 0 Å². The highest BCUT2D eigenvalue weighted by Gasteiger charge is 2.09. The van der Waals surface area contributed by atoms with Gasteiger partial charge in [-0.2, -0.15) is 0 Å². The Morgan fingerprint density at radius 1 is 1.47 bits per heavy atom. The van der Waals surface area contributed by atoms with Gasteiger partial charge in [0.25, 0.3) is 0 Å². The van der Waals surface area contributed by atoms with Gasteiger partial charge < -0.3 is 15.8 Å². The zero-order chi connectivity index (χ0) is 14.3. The maximum Gasteiger partial charge on any atom is 0.224 e. The first kappa shape index (κ1) is 16.0. The lowest BCUT2D eigenvalue weighted by Crippen LogP contribution is -2.14. The van der Waals surface area contributed by atoms with Gasteiger partial charge in [0.2, 0.25) is 5.91 Å². The van der Waals surface area contributed by atoms with E-state index in [1.807, 2.05) is 12.1 Å². The summed E-state index contributed by atoms with van der Waals surface area (Å²) in [5, 5.41) is 2.89. The predicted molar refractivity (Wildman–Crippen MR) is 81.4 cm³/mol. The van der Waals surface area contributed by atoms with Gasteiger partial charge in [0.1, 0.15) is 5.75 Å². The van der Waals surface area contributed by atoms with Crippen molar-refractivity contribution in [2.24, 2.45) is 11.7 Å². The molecule has 0 bridgehead atoms. The molecular weight excluding hydrogens is 308 g/mol. The Labute approximate surface area is 122 Å². The third-order valence-electron chi connectivity index (χ3n) is 2.97. The zero-order valence-corrected chi connectivity index (χ0v) is 13.0. The van der Waals surface area contributed by atoms with Crippen molar-refractivity contribution >= 4 is 27.5 Å². The van der Waals surface area contributed by atoms with Crippen LogP contribution in [0, 0.1) is 5.92 Å². The van der Waals surface area contributed by atoms with E-state index >= 15 is 0 Å². The summed E-state index contributed by atoms with van der Waals surface area (Å²) in [5.74, 6) is 1.21. The maximum atomic E-state index is 11.9. The van der Waals surface area contributed by atoms with Crippen molar-refractivity contribution in [3.8, 4) is 5.75 Å². The number of halogens is 1. The Hall–Kier alpha value is -1.07. The molecule has 0 saturated heterocycles. The molecule has 0 aliphatic carbocycles. The van der Waals surface area contributed by atoms with Crippen LogP contribution in [-0.2, 0) is 4.79 Å². The molecule has 0 fully saturated rings. The minimum Gasteiger partial charge on any atom is -0.497 e. The first-order chi connectivity index (χ1) is 9.06. The molecule has 19 heavy (non-hydrogen) atoms. The molecule has 1 unspecified atom stereocenters. The summed E-state index contributed by atoms with van der Waals surface area (Å²) in [5.41, 5.74) is 6.22. The Morgan fingerprint density at radius 2 is 2.21 bits per heavy atom. The highest BCUT2D eigenvalue weighted by molar-refractivity contribution is 9.10. The van der Waals surface area contributed by atoms with Crippen LogP contribution < -0.4 is 15.8 Å². The largest absolute Gasteiger partial charge is 0.497 e. The van der Waals surface area contributed by atoms with Crippen LogP contribution >= 0.6 is 15.9 Å². The van der Waals surface area contributed by atoms with Gasteiger partial charge in [-0.3, -0.25) is 4.79 Å². The molecule has 1 amide bonds. The summed E-state index contributed by atoms with van der Waals surface area (Å²) in [7, 11) is 1.60. The summed E-state index contributed by atoms with van der Waals surface area (Å²) in [6, 6.07) is 5.49. The second-order valence-corrected chi connectivity index (χ2v) is 5.47. The van der Waals surface area contributed by atoms with Gasteiger partial charge in [-0.1, -0.05) is 6.92 Å². The predicted octanol–water partition coefficient (Wildman–Crippen LogP) is 3.16. The van der Waals surface area contributed by atoms with E-state index in [-0.39, 0.29) is 5.91 Å². The molecule has 3 N–H and O–H groups in total. The number of hydrogen-bond donors (Lipinski definition) is 2. The molecule has 0 aromatic heterocycles. The molecular formula is C14H21BrN2O2. The topological polar surface area (TPSA) is 64.3 Å². The number of nitrogens with one attached hydrogen (secondary N) is 1. The summed E-state index contributed by atoms with van der Waals surface area (Å²) in [6.07, 6.45) is 2.31. The fourth-order valence-corrected chi connectivity index (χ4v) is 2.09. The van der Waals surface area contributed by atoms with Crippen molar-refractivity contribution in [1.82, 2.24) is 0 Å². The van der Waals surface area contributed by atoms with Crippen LogP contribution in [0.5, 0.6) is 5.75 Å². The molecule has 1 aromatic rings. The van der Waals surface area contributed by atoms with Crippen LogP contribution in [0.2, 0.25) is 0 Å². The fraction of sp³-hybridized carbons (Fsp3) is 0.500. The second kappa shape index (κ2) is 8.17. The molecule has 0 spiro atoms. The monoisotopic (exact) mass is 328 g/mol. The number of rotatable bonds is 7. The minimum atomic E-state index is 0.0119. The molecule has 1 atom stereocenters. The Balaban J connectivity index is 2.52. The van der Waals surface area contributed by atoms with Gasteiger partial charge in [-0.25, -0.2) is 0 Å². The number of amides is 1. The van der Waals surface area contributed by atoms with Crippen molar-refractivity contribution < 1.29 is 9.53 Å².